The number of aryl methyl sites for hydroxylation is 2. The van der Waals surface area contributed by atoms with Gasteiger partial charge in [0.1, 0.15) is 5.69 Å². The molecule has 6 rings (SSSR count). The standard InChI is InChI=1S/C25H22F3N7O/c1-13-8-16(35-29-6-7-30-35)12-20(31-13)25(36)34-15-4-3-5-21(34)23-17(11-15)24(33(2)32-23)14-9-18(26)22(28)19(27)10-14/h6-10,12,15,21H,3-5,11H2,1-2H3/t15-,21+/m0/s1. The van der Waals surface area contributed by atoms with Crippen LogP contribution in [-0.2, 0) is 13.5 Å². The fraction of sp³-hybridized carbons (Fsp3) is 0.320. The van der Waals surface area contributed by atoms with Crippen LogP contribution in [0.1, 0.15) is 52.7 Å². The number of nitrogens with zero attached hydrogens (tertiary/aromatic N) is 7. The Morgan fingerprint density at radius 3 is 2.47 bits per heavy atom. The van der Waals surface area contributed by atoms with Gasteiger partial charge in [0, 0.05) is 29.9 Å². The lowest BCUT2D eigenvalue weighted by atomic mass is 9.81. The van der Waals surface area contributed by atoms with E-state index in [0.29, 0.717) is 41.3 Å². The van der Waals surface area contributed by atoms with E-state index >= 15 is 0 Å². The average Bonchev–Trinajstić information content (AvgIpc) is 3.49. The van der Waals surface area contributed by atoms with Crippen molar-refractivity contribution in [1.29, 1.82) is 0 Å². The van der Waals surface area contributed by atoms with Gasteiger partial charge in [-0.3, -0.25) is 9.48 Å². The molecular formula is C25H22F3N7O. The molecule has 0 aliphatic carbocycles. The molecule has 1 fully saturated rings. The number of amides is 1. The number of piperidine rings is 1. The summed E-state index contributed by atoms with van der Waals surface area (Å²) in [6.07, 6.45) is 6.00. The summed E-state index contributed by atoms with van der Waals surface area (Å²) in [6.45, 7) is 1.81. The van der Waals surface area contributed by atoms with Crippen molar-refractivity contribution in [2.24, 2.45) is 7.05 Å². The summed E-state index contributed by atoms with van der Waals surface area (Å²) >= 11 is 0. The van der Waals surface area contributed by atoms with Gasteiger partial charge in [-0.2, -0.15) is 20.1 Å². The number of pyridine rings is 1. The van der Waals surface area contributed by atoms with Gasteiger partial charge in [0.05, 0.1) is 35.5 Å². The highest BCUT2D eigenvalue weighted by atomic mass is 19.2. The third kappa shape index (κ3) is 3.49. The fourth-order valence-electron chi connectivity index (χ4n) is 5.56. The van der Waals surface area contributed by atoms with Crippen LogP contribution < -0.4 is 0 Å². The van der Waals surface area contributed by atoms with Gasteiger partial charge >= 0.3 is 0 Å². The molecule has 0 N–H and O–H groups in total. The van der Waals surface area contributed by atoms with E-state index in [0.717, 1.165) is 30.5 Å². The SMILES string of the molecule is Cc1cc(-n2nccn2)cc(C(=O)N2[C@H]3CCC[C@@H]2c2nn(C)c(-c4cc(F)c(F)c(F)c4)c2C3)n1. The Bertz CT molecular complexity index is 1470. The zero-order chi connectivity index (χ0) is 25.1. The molecule has 184 valence electrons. The second kappa shape index (κ2) is 8.28. The normalized spacial score (nSPS) is 18.9. The Morgan fingerprint density at radius 2 is 1.75 bits per heavy atom. The number of fused-ring (bicyclic) bond motifs is 4. The van der Waals surface area contributed by atoms with Crippen LogP contribution in [0.3, 0.4) is 0 Å². The van der Waals surface area contributed by atoms with E-state index in [1.54, 1.807) is 36.3 Å². The Hall–Kier alpha value is -4.02. The Kier molecular flexibility index (Phi) is 5.16. The molecule has 0 spiro atoms. The van der Waals surface area contributed by atoms with Crippen LogP contribution in [0.5, 0.6) is 0 Å². The van der Waals surface area contributed by atoms with Crippen LogP contribution in [-0.4, -0.2) is 46.6 Å². The molecule has 0 saturated carbocycles. The van der Waals surface area contributed by atoms with E-state index in [9.17, 15) is 18.0 Å². The van der Waals surface area contributed by atoms with E-state index in [1.807, 2.05) is 11.8 Å². The molecule has 2 bridgehead atoms. The summed E-state index contributed by atoms with van der Waals surface area (Å²) < 4.78 is 43.2. The highest BCUT2D eigenvalue weighted by Gasteiger charge is 2.44. The lowest BCUT2D eigenvalue weighted by Crippen LogP contribution is -2.50. The molecule has 3 aromatic heterocycles. The number of carbonyl (C=O) groups is 1. The summed E-state index contributed by atoms with van der Waals surface area (Å²) in [7, 11) is 1.69. The van der Waals surface area contributed by atoms with Crippen LogP contribution in [0.25, 0.3) is 16.9 Å². The van der Waals surface area contributed by atoms with Gasteiger partial charge in [0.2, 0.25) is 0 Å². The molecule has 1 saturated heterocycles. The zero-order valence-corrected chi connectivity index (χ0v) is 19.6. The maximum atomic E-state index is 14.0. The van der Waals surface area contributed by atoms with Gasteiger partial charge < -0.3 is 4.90 Å². The minimum absolute atomic E-state index is 0.129. The minimum Gasteiger partial charge on any atom is -0.325 e. The van der Waals surface area contributed by atoms with Crippen molar-refractivity contribution in [3.05, 3.63) is 76.8 Å². The van der Waals surface area contributed by atoms with E-state index in [-0.39, 0.29) is 23.6 Å². The lowest BCUT2D eigenvalue weighted by Gasteiger charge is -2.45. The molecule has 4 aromatic rings. The first-order valence-corrected chi connectivity index (χ1v) is 11.7. The molecule has 11 heteroatoms. The number of benzene rings is 1. The number of aromatic nitrogens is 6. The van der Waals surface area contributed by atoms with Crippen molar-refractivity contribution in [3.63, 3.8) is 0 Å². The summed E-state index contributed by atoms with van der Waals surface area (Å²) in [5.41, 5.74) is 3.88. The van der Waals surface area contributed by atoms with Crippen molar-refractivity contribution in [2.45, 2.75) is 44.7 Å². The molecule has 36 heavy (non-hydrogen) atoms. The van der Waals surface area contributed by atoms with Crippen LogP contribution in [0.4, 0.5) is 13.2 Å². The summed E-state index contributed by atoms with van der Waals surface area (Å²) in [6, 6.07) is 5.03. The summed E-state index contributed by atoms with van der Waals surface area (Å²) in [5.74, 6) is -4.21. The molecule has 0 unspecified atom stereocenters. The van der Waals surface area contributed by atoms with E-state index in [4.69, 9.17) is 0 Å². The van der Waals surface area contributed by atoms with Crippen molar-refractivity contribution < 1.29 is 18.0 Å². The zero-order valence-electron chi connectivity index (χ0n) is 19.6. The lowest BCUT2D eigenvalue weighted by molar-refractivity contribution is 0.0385. The van der Waals surface area contributed by atoms with Gasteiger partial charge in [0.25, 0.3) is 5.91 Å². The summed E-state index contributed by atoms with van der Waals surface area (Å²) in [4.78, 5) is 21.6. The predicted molar refractivity (Wildman–Crippen MR) is 123 cm³/mol. The smallest absolute Gasteiger partial charge is 0.273 e. The fourth-order valence-corrected chi connectivity index (χ4v) is 5.56. The molecule has 1 amide bonds. The maximum absolute atomic E-state index is 14.0. The van der Waals surface area contributed by atoms with E-state index in [1.165, 1.54) is 4.80 Å². The van der Waals surface area contributed by atoms with E-state index < -0.39 is 17.5 Å². The monoisotopic (exact) mass is 493 g/mol. The average molecular weight is 493 g/mol. The van der Waals surface area contributed by atoms with Crippen molar-refractivity contribution >= 4 is 5.91 Å². The molecule has 2 atom stereocenters. The highest BCUT2D eigenvalue weighted by molar-refractivity contribution is 5.94. The van der Waals surface area contributed by atoms with Gasteiger partial charge in [-0.25, -0.2) is 18.2 Å². The van der Waals surface area contributed by atoms with Crippen LogP contribution >= 0.6 is 0 Å². The topological polar surface area (TPSA) is 81.7 Å². The highest BCUT2D eigenvalue weighted by Crippen LogP contribution is 2.45. The van der Waals surface area contributed by atoms with Crippen molar-refractivity contribution in [3.8, 4) is 16.9 Å². The Balaban J connectivity index is 1.41. The molecule has 0 radical (unpaired) electrons. The summed E-state index contributed by atoms with van der Waals surface area (Å²) in [5, 5.41) is 13.0. The molecule has 8 nitrogen and oxygen atoms in total. The van der Waals surface area contributed by atoms with Gasteiger partial charge in [0.15, 0.2) is 17.5 Å². The Morgan fingerprint density at radius 1 is 1.03 bits per heavy atom. The second-order valence-electron chi connectivity index (χ2n) is 9.28. The minimum atomic E-state index is -1.50. The van der Waals surface area contributed by atoms with Crippen LogP contribution in [0.15, 0.2) is 36.7 Å². The molecule has 2 aliphatic heterocycles. The second-order valence-corrected chi connectivity index (χ2v) is 9.28. The number of hydrogen-bond acceptors (Lipinski definition) is 5. The first-order chi connectivity index (χ1) is 17.3. The molecule has 2 aliphatic rings. The largest absolute Gasteiger partial charge is 0.325 e. The predicted octanol–water partition coefficient (Wildman–Crippen LogP) is 4.08. The van der Waals surface area contributed by atoms with Crippen LogP contribution in [0, 0.1) is 24.4 Å². The number of hydrogen-bond donors (Lipinski definition) is 0. The maximum Gasteiger partial charge on any atom is 0.273 e. The van der Waals surface area contributed by atoms with Crippen molar-refractivity contribution in [1.82, 2.24) is 34.7 Å². The Labute approximate surface area is 204 Å². The molecular weight excluding hydrogens is 471 g/mol. The van der Waals surface area contributed by atoms with Gasteiger partial charge in [-0.1, -0.05) is 0 Å². The first-order valence-electron chi connectivity index (χ1n) is 11.7. The van der Waals surface area contributed by atoms with Gasteiger partial charge in [-0.15, -0.1) is 0 Å². The van der Waals surface area contributed by atoms with Crippen LogP contribution in [0.2, 0.25) is 0 Å². The third-order valence-electron chi connectivity index (χ3n) is 6.97. The van der Waals surface area contributed by atoms with Crippen molar-refractivity contribution in [2.75, 3.05) is 0 Å². The third-order valence-corrected chi connectivity index (χ3v) is 6.97. The number of carbonyl (C=O) groups excluding carboxylic acids is 1. The molecule has 5 heterocycles. The molecule has 1 aromatic carbocycles. The number of halogens is 3. The quantitative estimate of drug-likeness (QED) is 0.402. The van der Waals surface area contributed by atoms with E-state index in [2.05, 4.69) is 20.3 Å². The first kappa shape index (κ1) is 22.4. The van der Waals surface area contributed by atoms with Gasteiger partial charge in [-0.05, 0) is 56.9 Å². The number of rotatable bonds is 3.